The summed E-state index contributed by atoms with van der Waals surface area (Å²) in [4.78, 5) is 2.05. The first-order valence-corrected chi connectivity index (χ1v) is 6.00. The molecule has 1 aromatic carbocycles. The van der Waals surface area contributed by atoms with Crippen molar-refractivity contribution in [3.8, 4) is 0 Å². The molecule has 90 valence electrons. The number of anilines is 2. The third-order valence-electron chi connectivity index (χ3n) is 2.83. The van der Waals surface area contributed by atoms with E-state index < -0.39 is 0 Å². The molecule has 1 aromatic heterocycles. The fourth-order valence-corrected chi connectivity index (χ4v) is 2.15. The molecule has 0 aliphatic rings. The van der Waals surface area contributed by atoms with Crippen molar-refractivity contribution in [2.75, 3.05) is 11.9 Å². The Morgan fingerprint density at radius 2 is 2.12 bits per heavy atom. The van der Waals surface area contributed by atoms with E-state index in [2.05, 4.69) is 36.2 Å². The molecule has 4 nitrogen and oxygen atoms in total. The summed E-state index contributed by atoms with van der Waals surface area (Å²) >= 11 is 5.19. The number of benzene rings is 1. The lowest BCUT2D eigenvalue weighted by molar-refractivity contribution is 0.741. The number of aryl methyl sites for hydroxylation is 1. The SMILES string of the molecule is CCn1c(N(C)c2ccccc2C)n[nH]c1=S. The van der Waals surface area contributed by atoms with Crippen LogP contribution in [0.2, 0.25) is 0 Å². The van der Waals surface area contributed by atoms with Crippen molar-refractivity contribution in [3.63, 3.8) is 0 Å². The van der Waals surface area contributed by atoms with Crippen LogP contribution in [0.15, 0.2) is 24.3 Å². The van der Waals surface area contributed by atoms with Gasteiger partial charge < -0.3 is 4.90 Å². The van der Waals surface area contributed by atoms with Crippen LogP contribution in [-0.2, 0) is 6.54 Å². The van der Waals surface area contributed by atoms with Crippen LogP contribution in [0, 0.1) is 11.7 Å². The van der Waals surface area contributed by atoms with Gasteiger partial charge in [0.15, 0.2) is 4.77 Å². The fraction of sp³-hybridized carbons (Fsp3) is 0.333. The number of hydrogen-bond donors (Lipinski definition) is 1. The third kappa shape index (κ3) is 2.10. The molecule has 1 heterocycles. The van der Waals surface area contributed by atoms with E-state index in [0.29, 0.717) is 4.77 Å². The Morgan fingerprint density at radius 1 is 1.41 bits per heavy atom. The van der Waals surface area contributed by atoms with E-state index in [0.717, 1.165) is 18.2 Å². The molecule has 0 saturated heterocycles. The van der Waals surface area contributed by atoms with Gasteiger partial charge in [0.05, 0.1) is 0 Å². The normalized spacial score (nSPS) is 10.5. The van der Waals surface area contributed by atoms with Gasteiger partial charge in [0, 0.05) is 19.3 Å². The predicted molar refractivity (Wildman–Crippen MR) is 72.3 cm³/mol. The molecule has 0 fully saturated rings. The summed E-state index contributed by atoms with van der Waals surface area (Å²) in [6.07, 6.45) is 0. The van der Waals surface area contributed by atoms with Gasteiger partial charge in [-0.1, -0.05) is 18.2 Å². The summed E-state index contributed by atoms with van der Waals surface area (Å²) in [6, 6.07) is 8.22. The molecule has 0 atom stereocenters. The highest BCUT2D eigenvalue weighted by atomic mass is 32.1. The molecule has 2 aromatic rings. The molecule has 0 aliphatic carbocycles. The average molecular weight is 248 g/mol. The minimum Gasteiger partial charge on any atom is -0.313 e. The van der Waals surface area contributed by atoms with Crippen LogP contribution >= 0.6 is 12.2 Å². The van der Waals surface area contributed by atoms with Gasteiger partial charge in [-0.3, -0.25) is 4.57 Å². The largest absolute Gasteiger partial charge is 0.313 e. The summed E-state index contributed by atoms with van der Waals surface area (Å²) in [5.74, 6) is 0.840. The van der Waals surface area contributed by atoms with Crippen molar-refractivity contribution in [1.82, 2.24) is 14.8 Å². The van der Waals surface area contributed by atoms with Crippen molar-refractivity contribution in [1.29, 1.82) is 0 Å². The monoisotopic (exact) mass is 248 g/mol. The number of aromatic amines is 1. The molecule has 0 unspecified atom stereocenters. The van der Waals surface area contributed by atoms with Crippen molar-refractivity contribution in [2.24, 2.45) is 0 Å². The van der Waals surface area contributed by atoms with E-state index in [-0.39, 0.29) is 0 Å². The summed E-state index contributed by atoms with van der Waals surface area (Å²) in [5.41, 5.74) is 2.35. The molecule has 17 heavy (non-hydrogen) atoms. The van der Waals surface area contributed by atoms with Crippen molar-refractivity contribution in [3.05, 3.63) is 34.6 Å². The van der Waals surface area contributed by atoms with E-state index in [1.54, 1.807) is 0 Å². The molecular formula is C12H16N4S. The van der Waals surface area contributed by atoms with Gasteiger partial charge in [-0.2, -0.15) is 0 Å². The number of para-hydroxylation sites is 1. The number of nitrogens with zero attached hydrogens (tertiary/aromatic N) is 3. The van der Waals surface area contributed by atoms with E-state index in [1.165, 1.54) is 5.56 Å². The Bertz CT molecular complexity index is 570. The maximum atomic E-state index is 5.19. The molecular weight excluding hydrogens is 232 g/mol. The van der Waals surface area contributed by atoms with Crippen molar-refractivity contribution >= 4 is 23.9 Å². The lowest BCUT2D eigenvalue weighted by atomic mass is 10.2. The average Bonchev–Trinajstić information content (AvgIpc) is 2.70. The van der Waals surface area contributed by atoms with Crippen LogP contribution in [0.1, 0.15) is 12.5 Å². The van der Waals surface area contributed by atoms with Crippen LogP contribution in [-0.4, -0.2) is 21.8 Å². The number of rotatable bonds is 3. The number of aromatic nitrogens is 3. The standard InChI is InChI=1S/C12H16N4S/c1-4-16-11(13-14-12(16)17)15(3)10-8-6-5-7-9(10)2/h5-8H,4H2,1-3H3,(H,14,17). The zero-order valence-electron chi connectivity index (χ0n) is 10.3. The van der Waals surface area contributed by atoms with Crippen LogP contribution in [0.25, 0.3) is 0 Å². The maximum Gasteiger partial charge on any atom is 0.229 e. The molecule has 1 N–H and O–H groups in total. The second kappa shape index (κ2) is 4.71. The van der Waals surface area contributed by atoms with Gasteiger partial charge in [-0.05, 0) is 37.7 Å². The summed E-state index contributed by atoms with van der Waals surface area (Å²) in [7, 11) is 2.00. The lowest BCUT2D eigenvalue weighted by Gasteiger charge is -2.20. The quantitative estimate of drug-likeness (QED) is 0.848. The first kappa shape index (κ1) is 11.9. The fourth-order valence-electron chi connectivity index (χ4n) is 1.90. The van der Waals surface area contributed by atoms with E-state index in [4.69, 9.17) is 12.2 Å². The lowest BCUT2D eigenvalue weighted by Crippen LogP contribution is -2.16. The second-order valence-corrected chi connectivity index (χ2v) is 4.31. The number of H-pyrrole nitrogens is 1. The zero-order valence-corrected chi connectivity index (χ0v) is 11.1. The Morgan fingerprint density at radius 3 is 2.76 bits per heavy atom. The maximum absolute atomic E-state index is 5.19. The Labute approximate surface area is 106 Å². The van der Waals surface area contributed by atoms with Crippen LogP contribution in [0.4, 0.5) is 11.6 Å². The summed E-state index contributed by atoms with van der Waals surface area (Å²) in [5, 5.41) is 7.11. The molecule has 0 aliphatic heterocycles. The molecule has 0 saturated carbocycles. The second-order valence-electron chi connectivity index (χ2n) is 3.92. The summed E-state index contributed by atoms with van der Waals surface area (Å²) < 4.78 is 2.63. The molecule has 2 rings (SSSR count). The third-order valence-corrected chi connectivity index (χ3v) is 3.14. The highest BCUT2D eigenvalue weighted by molar-refractivity contribution is 7.71. The zero-order chi connectivity index (χ0) is 12.4. The molecule has 0 radical (unpaired) electrons. The molecule has 0 amide bonds. The first-order chi connectivity index (χ1) is 8.15. The van der Waals surface area contributed by atoms with Crippen LogP contribution in [0.3, 0.4) is 0 Å². The Kier molecular flexibility index (Phi) is 3.28. The number of hydrogen-bond acceptors (Lipinski definition) is 3. The minimum absolute atomic E-state index is 0.655. The van der Waals surface area contributed by atoms with Crippen LogP contribution < -0.4 is 4.90 Å². The van der Waals surface area contributed by atoms with E-state index in [1.807, 2.05) is 28.6 Å². The molecule has 0 spiro atoms. The minimum atomic E-state index is 0.655. The van der Waals surface area contributed by atoms with Gasteiger partial charge in [-0.15, -0.1) is 5.10 Å². The highest BCUT2D eigenvalue weighted by Gasteiger charge is 2.12. The number of nitrogens with one attached hydrogen (secondary N) is 1. The Hall–Kier alpha value is -1.62. The smallest absolute Gasteiger partial charge is 0.229 e. The summed E-state index contributed by atoms with van der Waals surface area (Å²) in [6.45, 7) is 4.95. The molecule has 5 heteroatoms. The van der Waals surface area contributed by atoms with E-state index in [9.17, 15) is 0 Å². The highest BCUT2D eigenvalue weighted by Crippen LogP contribution is 2.24. The van der Waals surface area contributed by atoms with E-state index >= 15 is 0 Å². The van der Waals surface area contributed by atoms with Gasteiger partial charge in [0.2, 0.25) is 5.95 Å². The first-order valence-electron chi connectivity index (χ1n) is 5.59. The topological polar surface area (TPSA) is 36.9 Å². The van der Waals surface area contributed by atoms with Gasteiger partial charge in [-0.25, -0.2) is 5.10 Å². The van der Waals surface area contributed by atoms with Crippen molar-refractivity contribution < 1.29 is 0 Å². The van der Waals surface area contributed by atoms with Crippen molar-refractivity contribution in [2.45, 2.75) is 20.4 Å². The predicted octanol–water partition coefficient (Wildman–Crippen LogP) is 3.04. The Balaban J connectivity index is 2.47. The van der Waals surface area contributed by atoms with Gasteiger partial charge in [0.25, 0.3) is 0 Å². The van der Waals surface area contributed by atoms with Gasteiger partial charge >= 0.3 is 0 Å². The molecule has 0 bridgehead atoms. The van der Waals surface area contributed by atoms with Gasteiger partial charge in [0.1, 0.15) is 0 Å². The van der Waals surface area contributed by atoms with Crippen LogP contribution in [0.5, 0.6) is 0 Å².